The summed E-state index contributed by atoms with van der Waals surface area (Å²) in [5.41, 5.74) is 22.3. The van der Waals surface area contributed by atoms with Crippen LogP contribution >= 0.6 is 0 Å². The second kappa shape index (κ2) is 33.7. The standard InChI is InChI=1S/C36H73N7O4/c37-27-19-17-23-31(39)36(47)42-30-22-14-10-6-1-3-7-11-15-25-33(44)41-29-21-13-9-5-2-4-8-12-16-26-34(45)43-32(35(40)46)24-18-20-28-38/h31-32H,1-30,37-39H2,(H2,40,46)(H,41,44)(H,42,47)(H,43,45). The summed E-state index contributed by atoms with van der Waals surface area (Å²) < 4.78 is 0. The quantitative estimate of drug-likeness (QED) is 0.0478. The van der Waals surface area contributed by atoms with E-state index in [2.05, 4.69) is 16.0 Å². The Labute approximate surface area is 286 Å². The Hall–Kier alpha value is -2.24. The molecular formula is C36H73N7O4. The molecular weight excluding hydrogens is 594 g/mol. The van der Waals surface area contributed by atoms with Crippen molar-refractivity contribution in [3.05, 3.63) is 0 Å². The molecule has 0 aromatic heterocycles. The van der Waals surface area contributed by atoms with E-state index in [0.717, 1.165) is 90.0 Å². The predicted octanol–water partition coefficient (Wildman–Crippen LogP) is 4.58. The average Bonchev–Trinajstić information content (AvgIpc) is 3.05. The molecule has 0 fully saturated rings. The van der Waals surface area contributed by atoms with Gasteiger partial charge in [0.1, 0.15) is 6.04 Å². The van der Waals surface area contributed by atoms with E-state index < -0.39 is 18.0 Å². The van der Waals surface area contributed by atoms with Gasteiger partial charge in [0, 0.05) is 25.9 Å². The van der Waals surface area contributed by atoms with Gasteiger partial charge in [0.25, 0.3) is 0 Å². The van der Waals surface area contributed by atoms with Crippen LogP contribution in [0.5, 0.6) is 0 Å². The van der Waals surface area contributed by atoms with E-state index >= 15 is 0 Å². The summed E-state index contributed by atoms with van der Waals surface area (Å²) in [5.74, 6) is -0.442. The third kappa shape index (κ3) is 30.8. The van der Waals surface area contributed by atoms with Gasteiger partial charge in [-0.25, -0.2) is 0 Å². The fraction of sp³-hybridized carbons (Fsp3) is 0.889. The molecule has 0 saturated heterocycles. The van der Waals surface area contributed by atoms with E-state index in [-0.39, 0.29) is 17.7 Å². The highest BCUT2D eigenvalue weighted by Gasteiger charge is 2.17. The molecule has 0 aromatic rings. The first kappa shape index (κ1) is 44.8. The van der Waals surface area contributed by atoms with Gasteiger partial charge in [0.2, 0.25) is 23.6 Å². The molecule has 0 aliphatic carbocycles. The zero-order valence-electron chi connectivity index (χ0n) is 29.8. The summed E-state index contributed by atoms with van der Waals surface area (Å²) in [6, 6.07) is -1.00. The summed E-state index contributed by atoms with van der Waals surface area (Å²) in [7, 11) is 0. The molecule has 4 amide bonds. The van der Waals surface area contributed by atoms with Crippen LogP contribution in [0.4, 0.5) is 0 Å². The summed E-state index contributed by atoms with van der Waals surface area (Å²) in [6.45, 7) is 2.70. The molecule has 11 nitrogen and oxygen atoms in total. The van der Waals surface area contributed by atoms with Crippen molar-refractivity contribution in [3.63, 3.8) is 0 Å². The van der Waals surface area contributed by atoms with Gasteiger partial charge in [0.15, 0.2) is 0 Å². The SMILES string of the molecule is NCCCCC(N)C(=O)NCCCCCCCCCCCC(=O)NCCCCCCCCCCCC(=O)NC(CCCCN)C(N)=O. The van der Waals surface area contributed by atoms with Crippen LogP contribution in [0, 0.1) is 0 Å². The third-order valence-corrected chi connectivity index (χ3v) is 8.71. The number of hydrogen-bond donors (Lipinski definition) is 7. The topological polar surface area (TPSA) is 208 Å². The van der Waals surface area contributed by atoms with Gasteiger partial charge in [-0.1, -0.05) is 96.3 Å². The van der Waals surface area contributed by atoms with Gasteiger partial charge in [-0.15, -0.1) is 0 Å². The van der Waals surface area contributed by atoms with E-state index in [1.165, 1.54) is 57.8 Å². The second-order valence-corrected chi connectivity index (χ2v) is 13.2. The van der Waals surface area contributed by atoms with E-state index in [0.29, 0.717) is 45.3 Å². The fourth-order valence-electron chi connectivity index (χ4n) is 5.64. The first-order valence-corrected chi connectivity index (χ1v) is 19.1. The minimum Gasteiger partial charge on any atom is -0.368 e. The number of carbonyl (C=O) groups excluding carboxylic acids is 4. The number of nitrogens with one attached hydrogen (secondary N) is 3. The van der Waals surface area contributed by atoms with Crippen LogP contribution in [0.2, 0.25) is 0 Å². The number of amides is 4. The lowest BCUT2D eigenvalue weighted by atomic mass is 10.1. The summed E-state index contributed by atoms with van der Waals surface area (Å²) >= 11 is 0. The van der Waals surface area contributed by atoms with E-state index in [1.807, 2.05) is 0 Å². The molecule has 0 spiro atoms. The van der Waals surface area contributed by atoms with Crippen molar-refractivity contribution in [1.82, 2.24) is 16.0 Å². The predicted molar refractivity (Wildman–Crippen MR) is 193 cm³/mol. The Kier molecular flexibility index (Phi) is 32.0. The van der Waals surface area contributed by atoms with Crippen molar-refractivity contribution in [2.45, 2.75) is 179 Å². The summed E-state index contributed by atoms with van der Waals surface area (Å²) in [6.07, 6.45) is 25.9. The van der Waals surface area contributed by atoms with Gasteiger partial charge in [-0.3, -0.25) is 19.2 Å². The monoisotopic (exact) mass is 668 g/mol. The van der Waals surface area contributed by atoms with Crippen molar-refractivity contribution < 1.29 is 19.2 Å². The van der Waals surface area contributed by atoms with Gasteiger partial charge >= 0.3 is 0 Å². The highest BCUT2D eigenvalue weighted by molar-refractivity contribution is 5.86. The van der Waals surface area contributed by atoms with Crippen LogP contribution in [0.25, 0.3) is 0 Å². The smallest absolute Gasteiger partial charge is 0.239 e. The molecule has 0 radical (unpaired) electrons. The molecule has 0 rings (SSSR count). The molecule has 2 unspecified atom stereocenters. The van der Waals surface area contributed by atoms with Crippen molar-refractivity contribution in [2.24, 2.45) is 22.9 Å². The first-order chi connectivity index (χ1) is 22.8. The van der Waals surface area contributed by atoms with Crippen molar-refractivity contribution >= 4 is 23.6 Å². The van der Waals surface area contributed by atoms with Gasteiger partial charge in [0.05, 0.1) is 6.04 Å². The molecule has 0 aliphatic heterocycles. The van der Waals surface area contributed by atoms with Gasteiger partial charge in [-0.2, -0.15) is 0 Å². The molecule has 11 heteroatoms. The Morgan fingerprint density at radius 2 is 0.872 bits per heavy atom. The zero-order valence-corrected chi connectivity index (χ0v) is 29.8. The van der Waals surface area contributed by atoms with Crippen LogP contribution in [0.1, 0.15) is 167 Å². The summed E-state index contributed by atoms with van der Waals surface area (Å²) in [5, 5.41) is 8.77. The number of carbonyl (C=O) groups is 4. The lowest BCUT2D eigenvalue weighted by Gasteiger charge is -2.15. The molecule has 47 heavy (non-hydrogen) atoms. The van der Waals surface area contributed by atoms with Crippen molar-refractivity contribution in [1.29, 1.82) is 0 Å². The summed E-state index contributed by atoms with van der Waals surface area (Å²) in [4.78, 5) is 47.6. The van der Waals surface area contributed by atoms with E-state index in [4.69, 9.17) is 22.9 Å². The Morgan fingerprint density at radius 1 is 0.468 bits per heavy atom. The number of primary amides is 1. The lowest BCUT2D eigenvalue weighted by molar-refractivity contribution is -0.127. The maximum absolute atomic E-state index is 12.1. The maximum Gasteiger partial charge on any atom is 0.239 e. The van der Waals surface area contributed by atoms with E-state index in [1.54, 1.807) is 0 Å². The van der Waals surface area contributed by atoms with Crippen LogP contribution < -0.4 is 38.9 Å². The van der Waals surface area contributed by atoms with E-state index in [9.17, 15) is 19.2 Å². The molecule has 0 heterocycles. The fourth-order valence-corrected chi connectivity index (χ4v) is 5.64. The molecule has 276 valence electrons. The molecule has 11 N–H and O–H groups in total. The van der Waals surface area contributed by atoms with Crippen LogP contribution in [0.3, 0.4) is 0 Å². The molecule has 0 saturated carbocycles. The average molecular weight is 668 g/mol. The normalized spacial score (nSPS) is 12.4. The largest absolute Gasteiger partial charge is 0.368 e. The first-order valence-electron chi connectivity index (χ1n) is 19.1. The zero-order chi connectivity index (χ0) is 34.8. The van der Waals surface area contributed by atoms with Gasteiger partial charge < -0.3 is 38.9 Å². The Bertz CT molecular complexity index is 784. The van der Waals surface area contributed by atoms with Crippen molar-refractivity contribution in [3.8, 4) is 0 Å². The molecule has 0 aliphatic rings. The minimum atomic E-state index is -0.590. The molecule has 2 atom stereocenters. The highest BCUT2D eigenvalue weighted by Crippen LogP contribution is 2.12. The van der Waals surface area contributed by atoms with Crippen LogP contribution in [-0.4, -0.2) is 61.9 Å². The number of unbranched alkanes of at least 4 members (excludes halogenated alkanes) is 18. The number of nitrogens with two attached hydrogens (primary N) is 4. The Morgan fingerprint density at radius 3 is 1.34 bits per heavy atom. The third-order valence-electron chi connectivity index (χ3n) is 8.71. The lowest BCUT2D eigenvalue weighted by Crippen LogP contribution is -2.44. The maximum atomic E-state index is 12.1. The second-order valence-electron chi connectivity index (χ2n) is 13.2. The molecule has 0 aromatic carbocycles. The van der Waals surface area contributed by atoms with Gasteiger partial charge in [-0.05, 0) is 70.9 Å². The molecule has 0 bridgehead atoms. The van der Waals surface area contributed by atoms with Crippen molar-refractivity contribution in [2.75, 3.05) is 26.2 Å². The van der Waals surface area contributed by atoms with Crippen LogP contribution in [-0.2, 0) is 19.2 Å². The number of rotatable bonds is 35. The number of hydrogen-bond acceptors (Lipinski definition) is 7. The minimum absolute atomic E-state index is 0.0446. The Balaban J connectivity index is 3.42. The van der Waals surface area contributed by atoms with Crippen LogP contribution in [0.15, 0.2) is 0 Å². The highest BCUT2D eigenvalue weighted by atomic mass is 16.2.